The SMILES string of the molecule is C=C(/C=C/c1cccc(N(Cc2ccc(-c3ccc(N(C)C)cc3)cc2)C(=C)C2CCCCC2)c1)CC1CCCCC1. The predicted octanol–water partition coefficient (Wildman–Crippen LogP) is 11.1. The van der Waals surface area contributed by atoms with Gasteiger partial charge in [-0.1, -0.05) is 131 Å². The van der Waals surface area contributed by atoms with Crippen LogP contribution in [0.5, 0.6) is 0 Å². The van der Waals surface area contributed by atoms with E-state index in [1.807, 2.05) is 0 Å². The molecule has 2 fully saturated rings. The van der Waals surface area contributed by atoms with Crippen LogP contribution in [0.4, 0.5) is 11.4 Å². The average Bonchev–Trinajstić information content (AvgIpc) is 3.04. The Labute approximate surface area is 255 Å². The minimum atomic E-state index is 0.558. The summed E-state index contributed by atoms with van der Waals surface area (Å²) in [6.45, 7) is 9.92. The van der Waals surface area contributed by atoms with Gasteiger partial charge < -0.3 is 9.80 Å². The van der Waals surface area contributed by atoms with Crippen LogP contribution in [-0.4, -0.2) is 14.1 Å². The molecular weight excluding hydrogens is 508 g/mol. The zero-order valence-corrected chi connectivity index (χ0v) is 26.0. The molecule has 2 aliphatic rings. The maximum Gasteiger partial charge on any atom is 0.0478 e. The number of hydrogen-bond donors (Lipinski definition) is 0. The summed E-state index contributed by atoms with van der Waals surface area (Å²) in [4.78, 5) is 4.62. The Kier molecular flexibility index (Phi) is 10.4. The van der Waals surface area contributed by atoms with Crippen molar-refractivity contribution in [2.24, 2.45) is 11.8 Å². The second-order valence-electron chi connectivity index (χ2n) is 12.8. The summed E-state index contributed by atoms with van der Waals surface area (Å²) in [5.41, 5.74) is 10.0. The quantitative estimate of drug-likeness (QED) is 0.216. The van der Waals surface area contributed by atoms with Crippen LogP contribution in [0, 0.1) is 11.8 Å². The number of allylic oxidation sites excluding steroid dienone is 3. The zero-order chi connectivity index (χ0) is 29.3. The molecular formula is C40H50N2. The fourth-order valence-corrected chi connectivity index (χ4v) is 6.79. The molecule has 0 unspecified atom stereocenters. The first-order valence-electron chi connectivity index (χ1n) is 16.3. The second kappa shape index (κ2) is 14.6. The number of anilines is 2. The lowest BCUT2D eigenvalue weighted by molar-refractivity contribution is 0.358. The number of hydrogen-bond acceptors (Lipinski definition) is 2. The number of nitrogens with zero attached hydrogens (tertiary/aromatic N) is 2. The van der Waals surface area contributed by atoms with Gasteiger partial charge in [-0.25, -0.2) is 0 Å². The van der Waals surface area contributed by atoms with E-state index in [-0.39, 0.29) is 0 Å². The van der Waals surface area contributed by atoms with Crippen molar-refractivity contribution in [1.82, 2.24) is 0 Å². The molecule has 0 atom stereocenters. The van der Waals surface area contributed by atoms with Crippen LogP contribution in [0.25, 0.3) is 17.2 Å². The molecule has 2 saturated carbocycles. The standard InChI is InChI=1S/C40H50N2/c1-31(28-33-12-7-5-8-13-33)18-19-34-14-11-17-40(29-34)42(32(2)36-15-9-6-10-16-36)30-35-20-22-37(23-21-35)38-24-26-39(27-25-38)41(3)4/h11,14,17-27,29,33,36H,1-2,5-10,12-13,15-16,28,30H2,3-4H3/b19-18+. The third kappa shape index (κ3) is 8.06. The number of rotatable bonds is 11. The van der Waals surface area contributed by atoms with E-state index in [0.717, 1.165) is 18.9 Å². The molecule has 0 aromatic heterocycles. The molecule has 0 spiro atoms. The minimum Gasteiger partial charge on any atom is -0.378 e. The monoisotopic (exact) mass is 558 g/mol. The highest BCUT2D eigenvalue weighted by Gasteiger charge is 2.22. The third-order valence-corrected chi connectivity index (χ3v) is 9.40. The Hall–Kier alpha value is -3.52. The summed E-state index contributed by atoms with van der Waals surface area (Å²) in [7, 11) is 4.16. The Morgan fingerprint density at radius 2 is 1.36 bits per heavy atom. The molecule has 3 aromatic carbocycles. The summed E-state index contributed by atoms with van der Waals surface area (Å²) >= 11 is 0. The van der Waals surface area contributed by atoms with Gasteiger partial charge >= 0.3 is 0 Å². The van der Waals surface area contributed by atoms with Crippen LogP contribution in [0.1, 0.15) is 81.8 Å². The van der Waals surface area contributed by atoms with Gasteiger partial charge in [0.05, 0.1) is 0 Å². The summed E-state index contributed by atoms with van der Waals surface area (Å²) < 4.78 is 0. The molecule has 0 saturated heterocycles. The van der Waals surface area contributed by atoms with E-state index in [9.17, 15) is 0 Å². The average molecular weight is 559 g/mol. The van der Waals surface area contributed by atoms with Crippen molar-refractivity contribution >= 4 is 17.5 Å². The van der Waals surface area contributed by atoms with Crippen molar-refractivity contribution in [2.45, 2.75) is 77.2 Å². The van der Waals surface area contributed by atoms with E-state index in [1.165, 1.54) is 109 Å². The minimum absolute atomic E-state index is 0.558. The van der Waals surface area contributed by atoms with Crippen molar-refractivity contribution < 1.29 is 0 Å². The van der Waals surface area contributed by atoms with Crippen LogP contribution >= 0.6 is 0 Å². The van der Waals surface area contributed by atoms with Crippen LogP contribution in [-0.2, 0) is 6.54 Å². The maximum atomic E-state index is 4.70. The van der Waals surface area contributed by atoms with E-state index in [4.69, 9.17) is 6.58 Å². The molecule has 2 aliphatic carbocycles. The Balaban J connectivity index is 1.33. The van der Waals surface area contributed by atoms with Crippen molar-refractivity contribution in [2.75, 3.05) is 23.9 Å². The van der Waals surface area contributed by atoms with E-state index in [1.54, 1.807) is 0 Å². The highest BCUT2D eigenvalue weighted by molar-refractivity contribution is 5.67. The molecule has 0 heterocycles. The number of benzene rings is 3. The van der Waals surface area contributed by atoms with Gasteiger partial charge in [-0.05, 0) is 77.6 Å². The topological polar surface area (TPSA) is 6.48 Å². The van der Waals surface area contributed by atoms with Gasteiger partial charge in [0.15, 0.2) is 0 Å². The third-order valence-electron chi connectivity index (χ3n) is 9.40. The molecule has 5 rings (SSSR count). The maximum absolute atomic E-state index is 4.70. The molecule has 2 nitrogen and oxygen atoms in total. The molecule has 42 heavy (non-hydrogen) atoms. The fourth-order valence-electron chi connectivity index (χ4n) is 6.79. The van der Waals surface area contributed by atoms with E-state index >= 15 is 0 Å². The summed E-state index contributed by atoms with van der Waals surface area (Å²) in [6, 6.07) is 26.9. The van der Waals surface area contributed by atoms with Crippen LogP contribution < -0.4 is 9.80 Å². The van der Waals surface area contributed by atoms with Gasteiger partial charge in [0.25, 0.3) is 0 Å². The van der Waals surface area contributed by atoms with Crippen LogP contribution in [0.2, 0.25) is 0 Å². The van der Waals surface area contributed by atoms with E-state index in [0.29, 0.717) is 5.92 Å². The van der Waals surface area contributed by atoms with Crippen LogP contribution in [0.3, 0.4) is 0 Å². The van der Waals surface area contributed by atoms with Crippen molar-refractivity contribution in [3.05, 3.63) is 114 Å². The lowest BCUT2D eigenvalue weighted by Gasteiger charge is -2.34. The molecule has 0 amide bonds. The van der Waals surface area contributed by atoms with Crippen LogP contribution in [0.15, 0.2) is 103 Å². The normalized spacial score (nSPS) is 16.4. The zero-order valence-electron chi connectivity index (χ0n) is 26.0. The molecule has 3 aromatic rings. The highest BCUT2D eigenvalue weighted by Crippen LogP contribution is 2.35. The summed E-state index contributed by atoms with van der Waals surface area (Å²) in [6.07, 6.45) is 19.0. The molecule has 0 aliphatic heterocycles. The second-order valence-corrected chi connectivity index (χ2v) is 12.8. The van der Waals surface area contributed by atoms with Gasteiger partial charge in [0.2, 0.25) is 0 Å². The highest BCUT2D eigenvalue weighted by atomic mass is 15.1. The Morgan fingerprint density at radius 1 is 0.738 bits per heavy atom. The van der Waals surface area contributed by atoms with Crippen molar-refractivity contribution in [3.63, 3.8) is 0 Å². The van der Waals surface area contributed by atoms with Gasteiger partial charge in [0, 0.05) is 37.7 Å². The Bertz CT molecular complexity index is 1330. The molecule has 0 N–H and O–H groups in total. The lowest BCUT2D eigenvalue weighted by Crippen LogP contribution is -2.27. The van der Waals surface area contributed by atoms with E-state index < -0.39 is 0 Å². The first kappa shape index (κ1) is 30.0. The molecule has 220 valence electrons. The summed E-state index contributed by atoms with van der Waals surface area (Å²) in [5, 5.41) is 0. The fraction of sp³-hybridized carbons (Fsp3) is 0.400. The van der Waals surface area contributed by atoms with Gasteiger partial charge in [-0.2, -0.15) is 0 Å². The van der Waals surface area contributed by atoms with Gasteiger partial charge in [0.1, 0.15) is 0 Å². The largest absolute Gasteiger partial charge is 0.378 e. The van der Waals surface area contributed by atoms with Crippen molar-refractivity contribution in [3.8, 4) is 11.1 Å². The first-order chi connectivity index (χ1) is 20.5. The Morgan fingerprint density at radius 3 is 2.00 bits per heavy atom. The summed E-state index contributed by atoms with van der Waals surface area (Å²) in [5.74, 6) is 1.38. The molecule has 2 heteroatoms. The predicted molar refractivity (Wildman–Crippen MR) is 184 cm³/mol. The first-order valence-corrected chi connectivity index (χ1v) is 16.3. The van der Waals surface area contributed by atoms with Gasteiger partial charge in [-0.3, -0.25) is 0 Å². The van der Waals surface area contributed by atoms with Gasteiger partial charge in [-0.15, -0.1) is 0 Å². The molecule has 0 radical (unpaired) electrons. The smallest absolute Gasteiger partial charge is 0.0478 e. The lowest BCUT2D eigenvalue weighted by atomic mass is 9.85. The molecule has 0 bridgehead atoms. The van der Waals surface area contributed by atoms with E-state index in [2.05, 4.69) is 115 Å². The van der Waals surface area contributed by atoms with Crippen molar-refractivity contribution in [1.29, 1.82) is 0 Å².